The molecule has 3 rings (SSSR count). The van der Waals surface area contributed by atoms with Crippen LogP contribution in [0, 0.1) is 11.3 Å². The molecule has 0 aromatic heterocycles. The van der Waals surface area contributed by atoms with Crippen LogP contribution in [-0.2, 0) is 4.79 Å². The molecule has 0 aliphatic rings. The fourth-order valence-electron chi connectivity index (χ4n) is 3.12. The number of nitrogens with one attached hydrogen (secondary N) is 1. The summed E-state index contributed by atoms with van der Waals surface area (Å²) in [4.78, 5) is 12.8. The summed E-state index contributed by atoms with van der Waals surface area (Å²) in [6.07, 6.45) is 1.60. The van der Waals surface area contributed by atoms with E-state index in [1.54, 1.807) is 24.3 Å². The lowest BCUT2D eigenvalue weighted by molar-refractivity contribution is -0.112. The number of ether oxygens (including phenoxy) is 2. The van der Waals surface area contributed by atoms with Crippen molar-refractivity contribution in [2.45, 2.75) is 26.9 Å². The largest absolute Gasteiger partial charge is 0.493 e. The predicted molar refractivity (Wildman–Crippen MR) is 120 cm³/mol. The van der Waals surface area contributed by atoms with Crippen molar-refractivity contribution in [1.29, 1.82) is 5.26 Å². The Morgan fingerprint density at radius 1 is 1.13 bits per heavy atom. The lowest BCUT2D eigenvalue weighted by Gasteiger charge is -2.12. The van der Waals surface area contributed by atoms with Crippen molar-refractivity contribution in [2.75, 3.05) is 11.9 Å². The molecule has 0 unspecified atom stereocenters. The number of hydrogen-bond acceptors (Lipinski definition) is 4. The van der Waals surface area contributed by atoms with Crippen LogP contribution in [0.2, 0.25) is 0 Å². The summed E-state index contributed by atoms with van der Waals surface area (Å²) >= 11 is 0. The normalized spacial score (nSPS) is 11.2. The Balaban J connectivity index is 1.95. The number of nitriles is 1. The maximum atomic E-state index is 12.8. The van der Waals surface area contributed by atoms with Gasteiger partial charge in [0.15, 0.2) is 0 Å². The van der Waals surface area contributed by atoms with Crippen LogP contribution in [0.3, 0.4) is 0 Å². The molecule has 0 radical (unpaired) electrons. The van der Waals surface area contributed by atoms with Crippen LogP contribution >= 0.6 is 0 Å². The molecule has 1 N–H and O–H groups in total. The van der Waals surface area contributed by atoms with E-state index >= 15 is 0 Å². The number of fused-ring (bicyclic) bond motifs is 1. The molecule has 0 aliphatic heterocycles. The Labute approximate surface area is 176 Å². The summed E-state index contributed by atoms with van der Waals surface area (Å²) in [7, 11) is 0. The average Bonchev–Trinajstić information content (AvgIpc) is 2.72. The molecule has 0 atom stereocenters. The minimum absolute atomic E-state index is 0.0116. The maximum Gasteiger partial charge on any atom is 0.266 e. The van der Waals surface area contributed by atoms with Gasteiger partial charge < -0.3 is 14.8 Å². The summed E-state index contributed by atoms with van der Waals surface area (Å²) in [5.74, 6) is 0.789. The maximum absolute atomic E-state index is 12.8. The minimum Gasteiger partial charge on any atom is -0.493 e. The van der Waals surface area contributed by atoms with Crippen molar-refractivity contribution in [1.82, 2.24) is 0 Å². The van der Waals surface area contributed by atoms with Crippen molar-refractivity contribution in [2.24, 2.45) is 0 Å². The molecule has 0 saturated carbocycles. The van der Waals surface area contributed by atoms with Crippen LogP contribution < -0.4 is 14.8 Å². The van der Waals surface area contributed by atoms with Gasteiger partial charge in [0.25, 0.3) is 5.91 Å². The van der Waals surface area contributed by atoms with Crippen molar-refractivity contribution in [3.8, 4) is 17.6 Å². The van der Waals surface area contributed by atoms with Gasteiger partial charge >= 0.3 is 0 Å². The Morgan fingerprint density at radius 2 is 1.93 bits per heavy atom. The van der Waals surface area contributed by atoms with E-state index in [1.807, 2.05) is 69.3 Å². The highest BCUT2D eigenvalue weighted by atomic mass is 16.5. The zero-order valence-electron chi connectivity index (χ0n) is 17.3. The number of benzene rings is 3. The quantitative estimate of drug-likeness (QED) is 0.416. The molecule has 0 saturated heterocycles. The molecule has 152 valence electrons. The minimum atomic E-state index is -0.491. The molecular formula is C25H24N2O3. The third kappa shape index (κ3) is 4.98. The summed E-state index contributed by atoms with van der Waals surface area (Å²) in [6.45, 7) is 6.24. The highest BCUT2D eigenvalue weighted by Crippen LogP contribution is 2.30. The summed E-state index contributed by atoms with van der Waals surface area (Å²) < 4.78 is 11.4. The molecule has 0 heterocycles. The molecule has 0 fully saturated rings. The lowest BCUT2D eigenvalue weighted by atomic mass is 10.0. The van der Waals surface area contributed by atoms with Gasteiger partial charge in [-0.1, -0.05) is 36.4 Å². The average molecular weight is 400 g/mol. The van der Waals surface area contributed by atoms with Crippen molar-refractivity contribution in [3.63, 3.8) is 0 Å². The SMILES string of the molecule is CCOc1ccc2ccccc2c1/C=C(/C#N)C(=O)Nc1cccc(OC(C)C)c1. The van der Waals surface area contributed by atoms with Gasteiger partial charge in [0.1, 0.15) is 23.1 Å². The van der Waals surface area contributed by atoms with E-state index in [0.29, 0.717) is 29.4 Å². The molecule has 5 heteroatoms. The first-order valence-corrected chi connectivity index (χ1v) is 9.86. The molecule has 3 aromatic rings. The first-order chi connectivity index (χ1) is 14.5. The van der Waals surface area contributed by atoms with Gasteiger partial charge in [0.2, 0.25) is 0 Å². The third-order valence-corrected chi connectivity index (χ3v) is 4.35. The van der Waals surface area contributed by atoms with Gasteiger partial charge in [-0.25, -0.2) is 0 Å². The van der Waals surface area contributed by atoms with Crippen LogP contribution in [0.5, 0.6) is 11.5 Å². The molecule has 0 bridgehead atoms. The first-order valence-electron chi connectivity index (χ1n) is 9.86. The molecule has 0 aliphatic carbocycles. The highest BCUT2D eigenvalue weighted by Gasteiger charge is 2.14. The van der Waals surface area contributed by atoms with Gasteiger partial charge in [-0.05, 0) is 55.8 Å². The van der Waals surface area contributed by atoms with Gasteiger partial charge in [0, 0.05) is 17.3 Å². The van der Waals surface area contributed by atoms with E-state index in [9.17, 15) is 10.1 Å². The number of rotatable bonds is 7. The zero-order chi connectivity index (χ0) is 21.5. The van der Waals surface area contributed by atoms with Gasteiger partial charge in [-0.15, -0.1) is 0 Å². The predicted octanol–water partition coefficient (Wildman–Crippen LogP) is 5.57. The standard InChI is InChI=1S/C25H24N2O3/c1-4-29-24-13-12-18-8-5-6-11-22(18)23(24)14-19(16-26)25(28)27-20-9-7-10-21(15-20)30-17(2)3/h5-15,17H,4H2,1-3H3,(H,27,28)/b19-14-. The number of carbonyl (C=O) groups is 1. The molecule has 30 heavy (non-hydrogen) atoms. The molecular weight excluding hydrogens is 376 g/mol. The fraction of sp³-hybridized carbons (Fsp3) is 0.200. The molecule has 0 spiro atoms. The van der Waals surface area contributed by atoms with Crippen molar-refractivity contribution in [3.05, 3.63) is 71.8 Å². The summed E-state index contributed by atoms with van der Waals surface area (Å²) in [6, 6.07) is 20.7. The van der Waals surface area contributed by atoms with Gasteiger partial charge in [-0.2, -0.15) is 5.26 Å². The van der Waals surface area contributed by atoms with Crippen LogP contribution in [0.15, 0.2) is 66.2 Å². The van der Waals surface area contributed by atoms with E-state index < -0.39 is 5.91 Å². The second kappa shape index (κ2) is 9.62. The monoisotopic (exact) mass is 400 g/mol. The van der Waals surface area contributed by atoms with Gasteiger partial charge in [0.05, 0.1) is 12.7 Å². The number of carbonyl (C=O) groups excluding carboxylic acids is 1. The number of amides is 1. The van der Waals surface area contributed by atoms with Crippen molar-refractivity contribution >= 4 is 28.4 Å². The highest BCUT2D eigenvalue weighted by molar-refractivity contribution is 6.11. The molecule has 1 amide bonds. The lowest BCUT2D eigenvalue weighted by Crippen LogP contribution is -2.14. The topological polar surface area (TPSA) is 71.3 Å². The second-order valence-electron chi connectivity index (χ2n) is 6.95. The van der Waals surface area contributed by atoms with Crippen LogP contribution in [0.4, 0.5) is 5.69 Å². The van der Waals surface area contributed by atoms with E-state index in [-0.39, 0.29) is 11.7 Å². The van der Waals surface area contributed by atoms with Gasteiger partial charge in [-0.3, -0.25) is 4.79 Å². The fourth-order valence-corrected chi connectivity index (χ4v) is 3.12. The number of anilines is 1. The van der Waals surface area contributed by atoms with E-state index in [0.717, 1.165) is 10.8 Å². The first kappa shape index (κ1) is 20.9. The second-order valence-corrected chi connectivity index (χ2v) is 6.95. The van der Waals surface area contributed by atoms with Crippen molar-refractivity contribution < 1.29 is 14.3 Å². The Kier molecular flexibility index (Phi) is 6.71. The van der Waals surface area contributed by atoms with Crippen LogP contribution in [0.25, 0.3) is 16.8 Å². The summed E-state index contributed by atoms with van der Waals surface area (Å²) in [5, 5.41) is 14.3. The number of nitrogens with zero attached hydrogens (tertiary/aromatic N) is 1. The van der Waals surface area contributed by atoms with E-state index in [2.05, 4.69) is 5.32 Å². The Bertz CT molecular complexity index is 1130. The zero-order valence-corrected chi connectivity index (χ0v) is 17.3. The summed E-state index contributed by atoms with van der Waals surface area (Å²) in [5.41, 5.74) is 1.25. The molecule has 3 aromatic carbocycles. The van der Waals surface area contributed by atoms with E-state index in [4.69, 9.17) is 9.47 Å². The Hall–Kier alpha value is -3.78. The Morgan fingerprint density at radius 3 is 2.67 bits per heavy atom. The third-order valence-electron chi connectivity index (χ3n) is 4.35. The van der Waals surface area contributed by atoms with Crippen LogP contribution in [0.1, 0.15) is 26.3 Å². The molecule has 5 nitrogen and oxygen atoms in total. The van der Waals surface area contributed by atoms with Crippen LogP contribution in [-0.4, -0.2) is 18.6 Å². The number of hydrogen-bond donors (Lipinski definition) is 1. The smallest absolute Gasteiger partial charge is 0.266 e. The van der Waals surface area contributed by atoms with E-state index in [1.165, 1.54) is 0 Å².